The molecule has 1 aromatic rings. The Balaban J connectivity index is 0.00000324. The number of amides is 2. The number of para-hydroxylation sites is 1. The van der Waals surface area contributed by atoms with Gasteiger partial charge in [0.1, 0.15) is 5.75 Å². The van der Waals surface area contributed by atoms with Crippen molar-refractivity contribution in [3.05, 3.63) is 23.8 Å². The highest BCUT2D eigenvalue weighted by Gasteiger charge is 2.10. The van der Waals surface area contributed by atoms with Crippen molar-refractivity contribution in [2.75, 3.05) is 19.0 Å². The fourth-order valence-electron chi connectivity index (χ4n) is 1.44. The largest absolute Gasteiger partial charge is 0.495 e. The first-order valence-corrected chi connectivity index (χ1v) is 5.60. The van der Waals surface area contributed by atoms with Crippen molar-refractivity contribution in [1.29, 1.82) is 0 Å². The maximum atomic E-state index is 11.7. The molecule has 0 bridgehead atoms. The van der Waals surface area contributed by atoms with Crippen LogP contribution in [0.25, 0.3) is 0 Å². The lowest BCUT2D eigenvalue weighted by Crippen LogP contribution is -2.39. The van der Waals surface area contributed by atoms with E-state index in [4.69, 9.17) is 10.5 Å². The molecule has 0 aliphatic heterocycles. The molecule has 1 rings (SSSR count). The van der Waals surface area contributed by atoms with Crippen LogP contribution < -0.4 is 21.1 Å². The number of aliphatic imine (C=N–C) groups is 1. The second kappa shape index (κ2) is 8.20. The van der Waals surface area contributed by atoms with E-state index >= 15 is 0 Å². The molecular formula is C12H19ClN4O2. The zero-order valence-electron chi connectivity index (χ0n) is 11.2. The highest BCUT2D eigenvalue weighted by molar-refractivity contribution is 6.02. The van der Waals surface area contributed by atoms with Crippen LogP contribution in [0.4, 0.5) is 10.5 Å². The molecule has 0 fully saturated rings. The molecule has 19 heavy (non-hydrogen) atoms. The summed E-state index contributed by atoms with van der Waals surface area (Å²) in [7, 11) is 1.55. The molecule has 0 spiro atoms. The van der Waals surface area contributed by atoms with E-state index in [9.17, 15) is 4.79 Å². The Morgan fingerprint density at radius 1 is 1.47 bits per heavy atom. The minimum Gasteiger partial charge on any atom is -0.495 e. The normalized spacial score (nSPS) is 10.4. The number of methoxy groups -OCH3 is 1. The summed E-state index contributed by atoms with van der Waals surface area (Å²) in [4.78, 5) is 15.5. The quantitative estimate of drug-likeness (QED) is 0.585. The monoisotopic (exact) mass is 286 g/mol. The third-order valence-corrected chi connectivity index (χ3v) is 2.26. The number of guanidine groups is 1. The smallest absolute Gasteiger partial charge is 0.326 e. The molecule has 1 aromatic carbocycles. The lowest BCUT2D eigenvalue weighted by molar-refractivity contribution is 0.256. The number of hydrogen-bond donors (Lipinski definition) is 3. The van der Waals surface area contributed by atoms with Gasteiger partial charge in [0.2, 0.25) is 0 Å². The molecule has 6 nitrogen and oxygen atoms in total. The van der Waals surface area contributed by atoms with Gasteiger partial charge in [-0.15, -0.1) is 12.4 Å². The number of benzene rings is 1. The van der Waals surface area contributed by atoms with Crippen LogP contribution in [0, 0.1) is 6.92 Å². The Hall–Kier alpha value is -1.95. The van der Waals surface area contributed by atoms with E-state index in [0.29, 0.717) is 18.0 Å². The molecule has 4 N–H and O–H groups in total. The number of rotatable bonds is 3. The lowest BCUT2D eigenvalue weighted by atomic mass is 10.2. The average Bonchev–Trinajstić information content (AvgIpc) is 2.31. The SMILES string of the molecule is CCN=C(N)NC(=O)Nc1c(C)cccc1OC.Cl. The molecule has 0 heterocycles. The highest BCUT2D eigenvalue weighted by Crippen LogP contribution is 2.27. The van der Waals surface area contributed by atoms with Crippen molar-refractivity contribution in [3.8, 4) is 5.75 Å². The van der Waals surface area contributed by atoms with E-state index < -0.39 is 6.03 Å². The van der Waals surface area contributed by atoms with Crippen LogP contribution in [0.3, 0.4) is 0 Å². The molecule has 0 aliphatic carbocycles. The van der Waals surface area contributed by atoms with Crippen molar-refractivity contribution in [2.45, 2.75) is 13.8 Å². The van der Waals surface area contributed by atoms with Gasteiger partial charge in [0.05, 0.1) is 12.8 Å². The number of anilines is 1. The summed E-state index contributed by atoms with van der Waals surface area (Å²) in [6.45, 7) is 4.22. The van der Waals surface area contributed by atoms with E-state index in [-0.39, 0.29) is 18.4 Å². The summed E-state index contributed by atoms with van der Waals surface area (Å²) in [6.07, 6.45) is 0. The lowest BCUT2D eigenvalue weighted by Gasteiger charge is -2.13. The number of nitrogens with zero attached hydrogens (tertiary/aromatic N) is 1. The molecule has 0 radical (unpaired) electrons. The Morgan fingerprint density at radius 3 is 2.74 bits per heavy atom. The molecule has 0 saturated carbocycles. The van der Waals surface area contributed by atoms with Gasteiger partial charge < -0.3 is 15.8 Å². The third kappa shape index (κ3) is 5.05. The van der Waals surface area contributed by atoms with Crippen molar-refractivity contribution in [3.63, 3.8) is 0 Å². The fraction of sp³-hybridized carbons (Fsp3) is 0.333. The molecular weight excluding hydrogens is 268 g/mol. The second-order valence-corrected chi connectivity index (χ2v) is 3.59. The Morgan fingerprint density at radius 2 is 2.16 bits per heavy atom. The van der Waals surface area contributed by atoms with Gasteiger partial charge >= 0.3 is 6.03 Å². The summed E-state index contributed by atoms with van der Waals surface area (Å²) in [6, 6.07) is 5.05. The van der Waals surface area contributed by atoms with E-state index in [0.717, 1.165) is 5.56 Å². The molecule has 2 amide bonds. The number of carbonyl (C=O) groups is 1. The predicted molar refractivity (Wildman–Crippen MR) is 79.3 cm³/mol. The van der Waals surface area contributed by atoms with E-state index in [1.807, 2.05) is 26.0 Å². The number of ether oxygens (including phenoxy) is 1. The van der Waals surface area contributed by atoms with Gasteiger partial charge in [0, 0.05) is 6.54 Å². The number of halogens is 1. The van der Waals surface area contributed by atoms with Crippen LogP contribution in [0.15, 0.2) is 23.2 Å². The first-order chi connectivity index (χ1) is 8.58. The molecule has 0 aromatic heterocycles. The zero-order valence-corrected chi connectivity index (χ0v) is 12.0. The van der Waals surface area contributed by atoms with Crippen LogP contribution in [-0.4, -0.2) is 25.6 Å². The first kappa shape index (κ1) is 17.1. The Bertz CT molecular complexity index is 463. The van der Waals surface area contributed by atoms with Gasteiger partial charge in [-0.3, -0.25) is 10.3 Å². The van der Waals surface area contributed by atoms with Crippen molar-refractivity contribution in [2.24, 2.45) is 10.7 Å². The number of hydrogen-bond acceptors (Lipinski definition) is 3. The number of aryl methyl sites for hydroxylation is 1. The predicted octanol–water partition coefficient (Wildman–Crippen LogP) is 1.88. The average molecular weight is 287 g/mol. The van der Waals surface area contributed by atoms with Crippen LogP contribution in [-0.2, 0) is 0 Å². The zero-order chi connectivity index (χ0) is 13.5. The number of nitrogens with two attached hydrogens (primary N) is 1. The van der Waals surface area contributed by atoms with Gasteiger partial charge in [0.25, 0.3) is 0 Å². The highest BCUT2D eigenvalue weighted by atomic mass is 35.5. The minimum atomic E-state index is -0.447. The van der Waals surface area contributed by atoms with Gasteiger partial charge in [-0.05, 0) is 25.5 Å². The second-order valence-electron chi connectivity index (χ2n) is 3.59. The minimum absolute atomic E-state index is 0. The van der Waals surface area contributed by atoms with E-state index in [2.05, 4.69) is 15.6 Å². The maximum Gasteiger partial charge on any atom is 0.326 e. The molecule has 0 unspecified atom stereocenters. The summed E-state index contributed by atoms with van der Waals surface area (Å²) in [5.41, 5.74) is 7.01. The topological polar surface area (TPSA) is 88.7 Å². The summed E-state index contributed by atoms with van der Waals surface area (Å²) < 4.78 is 5.18. The number of urea groups is 1. The van der Waals surface area contributed by atoms with E-state index in [1.165, 1.54) is 0 Å². The molecule has 7 heteroatoms. The van der Waals surface area contributed by atoms with Crippen molar-refractivity contribution in [1.82, 2.24) is 5.32 Å². The Kier molecular flexibility index (Phi) is 7.36. The van der Waals surface area contributed by atoms with Crippen LogP contribution in [0.1, 0.15) is 12.5 Å². The van der Waals surface area contributed by atoms with Crippen LogP contribution in [0.5, 0.6) is 5.75 Å². The number of carbonyl (C=O) groups excluding carboxylic acids is 1. The summed E-state index contributed by atoms with van der Waals surface area (Å²) in [5, 5.41) is 5.11. The number of nitrogens with one attached hydrogen (secondary N) is 2. The molecule has 0 saturated heterocycles. The van der Waals surface area contributed by atoms with Crippen LogP contribution in [0.2, 0.25) is 0 Å². The molecule has 0 aliphatic rings. The van der Waals surface area contributed by atoms with Crippen molar-refractivity contribution >= 4 is 30.1 Å². The van der Waals surface area contributed by atoms with Gasteiger partial charge in [0.15, 0.2) is 5.96 Å². The third-order valence-electron chi connectivity index (χ3n) is 2.26. The summed E-state index contributed by atoms with van der Waals surface area (Å²) >= 11 is 0. The molecule has 0 atom stereocenters. The maximum absolute atomic E-state index is 11.7. The fourth-order valence-corrected chi connectivity index (χ4v) is 1.44. The van der Waals surface area contributed by atoms with Gasteiger partial charge in [-0.1, -0.05) is 12.1 Å². The van der Waals surface area contributed by atoms with E-state index in [1.54, 1.807) is 13.2 Å². The van der Waals surface area contributed by atoms with Gasteiger partial charge in [-0.2, -0.15) is 0 Å². The standard InChI is InChI=1S/C12H18N4O2.ClH/c1-4-14-11(13)16-12(17)15-10-8(2)6-5-7-9(10)18-3;/h5-7H,4H2,1-3H3,(H4,13,14,15,16,17);1H. The first-order valence-electron chi connectivity index (χ1n) is 5.60. The Labute approximate surface area is 118 Å². The van der Waals surface area contributed by atoms with Crippen LogP contribution >= 0.6 is 12.4 Å². The summed E-state index contributed by atoms with van der Waals surface area (Å²) in [5.74, 6) is 0.679. The molecule has 106 valence electrons. The van der Waals surface area contributed by atoms with Gasteiger partial charge in [-0.25, -0.2) is 4.79 Å². The van der Waals surface area contributed by atoms with Crippen molar-refractivity contribution < 1.29 is 9.53 Å².